The highest BCUT2D eigenvalue weighted by atomic mass is 16.5. The van der Waals surface area contributed by atoms with Crippen molar-refractivity contribution in [1.29, 1.82) is 0 Å². The van der Waals surface area contributed by atoms with Gasteiger partial charge in [-0.15, -0.1) is 0 Å². The lowest BCUT2D eigenvalue weighted by Gasteiger charge is -2.00. The van der Waals surface area contributed by atoms with Crippen LogP contribution >= 0.6 is 0 Å². The van der Waals surface area contributed by atoms with Crippen LogP contribution in [0.15, 0.2) is 18.2 Å². The summed E-state index contributed by atoms with van der Waals surface area (Å²) in [6.45, 7) is 4.48. The molecule has 2 rings (SSSR count). The Bertz CT molecular complexity index is 460. The van der Waals surface area contributed by atoms with Crippen molar-refractivity contribution in [2.24, 2.45) is 0 Å². The maximum Gasteiger partial charge on any atom is 0.297 e. The molecule has 0 unspecified atom stereocenters. The number of aryl methyl sites for hydroxylation is 1. The van der Waals surface area contributed by atoms with Crippen LogP contribution in [0.1, 0.15) is 12.5 Å². The first-order valence-electron chi connectivity index (χ1n) is 4.60. The van der Waals surface area contributed by atoms with Crippen molar-refractivity contribution in [1.82, 2.24) is 9.55 Å². The molecule has 1 aromatic heterocycles. The van der Waals surface area contributed by atoms with Gasteiger partial charge < -0.3 is 4.74 Å². The maximum atomic E-state index is 5.82. The fourth-order valence-electron chi connectivity index (χ4n) is 1.47. The number of aromatic nitrogens is 2. The van der Waals surface area contributed by atoms with E-state index in [2.05, 4.69) is 4.98 Å². The quantitative estimate of drug-likeness (QED) is 0.722. The van der Waals surface area contributed by atoms with E-state index in [0.717, 1.165) is 16.6 Å². The summed E-state index contributed by atoms with van der Waals surface area (Å²) in [5.41, 5.74) is 2.90. The summed E-state index contributed by atoms with van der Waals surface area (Å²) < 4.78 is 6.78. The molecule has 2 aromatic rings. The molecule has 0 fully saturated rings. The van der Waals surface area contributed by atoms with Gasteiger partial charge in [-0.3, -0.25) is 4.57 Å². The van der Waals surface area contributed by atoms with Crippen molar-refractivity contribution in [2.45, 2.75) is 13.8 Å². The first kappa shape index (κ1) is 9.06. The number of fused-ring (bicyclic) bond motifs is 1. The largest absolute Gasteiger partial charge is 0.465 e. The molecule has 14 heavy (non-hydrogen) atoms. The zero-order chi connectivity index (χ0) is 10.1. The van der Waals surface area contributed by atoms with E-state index < -0.39 is 0 Å². The Balaban J connectivity index is 2.67. The molecule has 0 saturated heterocycles. The van der Waals surface area contributed by atoms with Crippen molar-refractivity contribution in [2.75, 3.05) is 6.61 Å². The molecule has 0 aliphatic carbocycles. The first-order valence-corrected chi connectivity index (χ1v) is 4.60. The molecule has 0 bridgehead atoms. The number of rotatable bonds is 2. The third-order valence-corrected chi connectivity index (χ3v) is 2.16. The second kappa shape index (κ2) is 3.33. The van der Waals surface area contributed by atoms with E-state index in [-0.39, 0.29) is 0 Å². The summed E-state index contributed by atoms with van der Waals surface area (Å²) in [5.74, 6) is 0. The highest BCUT2D eigenvalue weighted by molar-refractivity contribution is 5.80. The van der Waals surface area contributed by atoms with Gasteiger partial charge in [0.05, 0.1) is 24.7 Å². The number of para-hydroxylation sites is 1. The minimum absolute atomic E-state index is 0.469. The molecule has 0 atom stereocenters. The van der Waals surface area contributed by atoms with E-state index >= 15 is 0 Å². The third-order valence-electron chi connectivity index (χ3n) is 2.16. The molecule has 72 valence electrons. The fraction of sp³-hybridized carbons (Fsp3) is 0.273. The zero-order valence-corrected chi connectivity index (χ0v) is 8.32. The molecule has 0 spiro atoms. The summed E-state index contributed by atoms with van der Waals surface area (Å²) in [6.07, 6.45) is 0. The molecule has 2 radical (unpaired) electrons. The summed E-state index contributed by atoms with van der Waals surface area (Å²) >= 11 is 0. The molecule has 0 N–H and O–H groups in total. The van der Waals surface area contributed by atoms with Gasteiger partial charge in [-0.05, 0) is 25.5 Å². The average molecular weight is 188 g/mol. The molecule has 0 aliphatic rings. The van der Waals surface area contributed by atoms with Crippen molar-refractivity contribution in [3.8, 4) is 6.01 Å². The molecule has 0 aliphatic heterocycles. The van der Waals surface area contributed by atoms with Crippen LogP contribution in [-0.4, -0.2) is 16.2 Å². The first-order chi connectivity index (χ1) is 6.74. The lowest BCUT2D eigenvalue weighted by Crippen LogP contribution is -1.97. The monoisotopic (exact) mass is 188 g/mol. The molecule has 3 nitrogen and oxygen atoms in total. The Morgan fingerprint density at radius 1 is 1.50 bits per heavy atom. The number of ether oxygens (including phenoxy) is 1. The molecule has 3 heteroatoms. The van der Waals surface area contributed by atoms with Crippen LogP contribution in [-0.2, 0) is 0 Å². The van der Waals surface area contributed by atoms with Crippen LogP contribution in [0.25, 0.3) is 11.0 Å². The summed E-state index contributed by atoms with van der Waals surface area (Å²) in [4.78, 5) is 4.32. The van der Waals surface area contributed by atoms with Gasteiger partial charge in [-0.2, -0.15) is 4.98 Å². The summed E-state index contributed by atoms with van der Waals surface area (Å²) in [6, 6.07) is 6.36. The molecular formula is C11H12N2O. The Hall–Kier alpha value is -1.51. The second-order valence-corrected chi connectivity index (χ2v) is 3.14. The van der Waals surface area contributed by atoms with Gasteiger partial charge in [0.1, 0.15) is 0 Å². The smallest absolute Gasteiger partial charge is 0.297 e. The van der Waals surface area contributed by atoms with Crippen LogP contribution in [0.2, 0.25) is 0 Å². The van der Waals surface area contributed by atoms with Crippen LogP contribution in [0.4, 0.5) is 0 Å². The highest BCUT2D eigenvalue weighted by Crippen LogP contribution is 2.22. The van der Waals surface area contributed by atoms with Crippen molar-refractivity contribution in [3.63, 3.8) is 0 Å². The standard InChI is InChI=1S/C11H12N2O/c1-4-14-11-12-10-8(2)6-5-7-9(10)13(11)3/h3,5-7H,4H2,1-2H3. The van der Waals surface area contributed by atoms with Crippen LogP contribution in [0, 0.1) is 14.0 Å². The van der Waals surface area contributed by atoms with E-state index in [1.54, 1.807) is 0 Å². The predicted molar refractivity (Wildman–Crippen MR) is 55.3 cm³/mol. The number of hydrogen-bond acceptors (Lipinski definition) is 2. The van der Waals surface area contributed by atoms with Crippen molar-refractivity contribution < 1.29 is 4.74 Å². The van der Waals surface area contributed by atoms with E-state index in [1.165, 1.54) is 4.57 Å². The number of nitrogens with zero attached hydrogens (tertiary/aromatic N) is 2. The van der Waals surface area contributed by atoms with Gasteiger partial charge in [0.25, 0.3) is 6.01 Å². The molecule has 1 heterocycles. The van der Waals surface area contributed by atoms with Gasteiger partial charge in [0.15, 0.2) is 0 Å². The number of benzene rings is 1. The Morgan fingerprint density at radius 3 is 2.93 bits per heavy atom. The van der Waals surface area contributed by atoms with Crippen molar-refractivity contribution in [3.05, 3.63) is 30.8 Å². The van der Waals surface area contributed by atoms with E-state index in [0.29, 0.717) is 12.6 Å². The van der Waals surface area contributed by atoms with Crippen LogP contribution < -0.4 is 4.74 Å². The van der Waals surface area contributed by atoms with Gasteiger partial charge in [-0.1, -0.05) is 12.1 Å². The van der Waals surface area contributed by atoms with Crippen LogP contribution in [0.5, 0.6) is 6.01 Å². The Morgan fingerprint density at radius 2 is 2.29 bits per heavy atom. The topological polar surface area (TPSA) is 27.1 Å². The average Bonchev–Trinajstić information content (AvgIpc) is 2.48. The Kier molecular flexibility index (Phi) is 2.15. The molecule has 1 aromatic carbocycles. The molecule has 0 saturated carbocycles. The number of imidazole rings is 1. The lowest BCUT2D eigenvalue weighted by atomic mass is 10.2. The Labute approximate surface area is 83.3 Å². The van der Waals surface area contributed by atoms with Gasteiger partial charge in [0, 0.05) is 0 Å². The second-order valence-electron chi connectivity index (χ2n) is 3.14. The van der Waals surface area contributed by atoms with Crippen LogP contribution in [0.3, 0.4) is 0 Å². The molecule has 0 amide bonds. The minimum Gasteiger partial charge on any atom is -0.465 e. The summed E-state index contributed by atoms with van der Waals surface area (Å²) in [5, 5.41) is 0. The van der Waals surface area contributed by atoms with Gasteiger partial charge >= 0.3 is 0 Å². The molecular weight excluding hydrogens is 176 g/mol. The SMILES string of the molecule is [CH]n1c(OCC)nc2c(C)cccc21. The van der Waals surface area contributed by atoms with Crippen molar-refractivity contribution >= 4 is 11.0 Å². The van der Waals surface area contributed by atoms with Gasteiger partial charge in [0.2, 0.25) is 0 Å². The zero-order valence-electron chi connectivity index (χ0n) is 8.32. The van der Waals surface area contributed by atoms with Gasteiger partial charge in [-0.25, -0.2) is 0 Å². The normalized spacial score (nSPS) is 10.8. The number of hydrogen-bond donors (Lipinski definition) is 0. The maximum absolute atomic E-state index is 5.82. The third kappa shape index (κ3) is 1.25. The fourth-order valence-corrected chi connectivity index (χ4v) is 1.47. The predicted octanol–water partition coefficient (Wildman–Crippen LogP) is 2.26. The summed E-state index contributed by atoms with van der Waals surface area (Å²) in [7, 11) is 5.82. The highest BCUT2D eigenvalue weighted by Gasteiger charge is 2.09. The van der Waals surface area contributed by atoms with E-state index in [4.69, 9.17) is 11.8 Å². The minimum atomic E-state index is 0.469. The van der Waals surface area contributed by atoms with E-state index in [1.807, 2.05) is 32.0 Å². The van der Waals surface area contributed by atoms with E-state index in [9.17, 15) is 0 Å². The lowest BCUT2D eigenvalue weighted by molar-refractivity contribution is 0.309.